The molecule has 0 unspecified atom stereocenters. The maximum atomic E-state index is 8.89. The van der Waals surface area contributed by atoms with Gasteiger partial charge in [-0.2, -0.15) is 0 Å². The zero-order valence-electron chi connectivity index (χ0n) is 8.65. The first kappa shape index (κ1) is 12.4. The molecule has 5 heteroatoms. The van der Waals surface area contributed by atoms with Crippen LogP contribution in [0.2, 0.25) is 0 Å². The summed E-state index contributed by atoms with van der Waals surface area (Å²) in [5.74, 6) is 0.777. The minimum Gasteiger partial charge on any atom is -0.395 e. The van der Waals surface area contributed by atoms with Gasteiger partial charge in [-0.3, -0.25) is 0 Å². The number of pyridine rings is 1. The fraction of sp³-hybridized carbons (Fsp3) is 0.500. The molecule has 2 N–H and O–H groups in total. The summed E-state index contributed by atoms with van der Waals surface area (Å²) >= 11 is 3.38. The summed E-state index contributed by atoms with van der Waals surface area (Å²) in [5.41, 5.74) is 1.08. The molecule has 0 aliphatic rings. The molecule has 0 radical (unpaired) electrons. The zero-order chi connectivity index (χ0) is 11.3. The molecule has 0 bridgehead atoms. The molecular formula is C10H15BrN2O2. The van der Waals surface area contributed by atoms with Gasteiger partial charge in [-0.25, -0.2) is 4.98 Å². The van der Waals surface area contributed by atoms with Gasteiger partial charge in [0.2, 0.25) is 0 Å². The van der Waals surface area contributed by atoms with Crippen LogP contribution in [0.5, 0.6) is 0 Å². The van der Waals surface area contributed by atoms with Crippen LogP contribution in [0, 0.1) is 6.92 Å². The predicted molar refractivity (Wildman–Crippen MR) is 63.1 cm³/mol. The SMILES string of the molecule is Cc1cc(N(CCO)CCO)ncc1Br. The number of aliphatic hydroxyl groups excluding tert-OH is 2. The topological polar surface area (TPSA) is 56.6 Å². The predicted octanol–water partition coefficient (Wildman–Crippen LogP) is 0.944. The molecule has 0 spiro atoms. The average Bonchev–Trinajstić information content (AvgIpc) is 2.22. The summed E-state index contributed by atoms with van der Waals surface area (Å²) in [7, 11) is 0. The van der Waals surface area contributed by atoms with Crippen molar-refractivity contribution in [1.82, 2.24) is 4.98 Å². The number of rotatable bonds is 5. The van der Waals surface area contributed by atoms with Crippen molar-refractivity contribution < 1.29 is 10.2 Å². The Hall–Kier alpha value is -0.650. The van der Waals surface area contributed by atoms with E-state index < -0.39 is 0 Å². The van der Waals surface area contributed by atoms with Crippen molar-refractivity contribution in [3.8, 4) is 0 Å². The summed E-state index contributed by atoms with van der Waals surface area (Å²) in [5, 5.41) is 17.8. The molecule has 0 aliphatic heterocycles. The van der Waals surface area contributed by atoms with Crippen LogP contribution >= 0.6 is 15.9 Å². The normalized spacial score (nSPS) is 10.4. The van der Waals surface area contributed by atoms with Gasteiger partial charge < -0.3 is 15.1 Å². The summed E-state index contributed by atoms with van der Waals surface area (Å²) < 4.78 is 0.958. The number of nitrogens with zero attached hydrogens (tertiary/aromatic N) is 2. The smallest absolute Gasteiger partial charge is 0.128 e. The average molecular weight is 275 g/mol. The Morgan fingerprint density at radius 3 is 2.40 bits per heavy atom. The van der Waals surface area contributed by atoms with Crippen LogP contribution in [0.3, 0.4) is 0 Å². The number of aryl methyl sites for hydroxylation is 1. The molecule has 0 saturated carbocycles. The molecule has 84 valence electrons. The molecule has 0 atom stereocenters. The van der Waals surface area contributed by atoms with Crippen molar-refractivity contribution >= 4 is 21.7 Å². The zero-order valence-corrected chi connectivity index (χ0v) is 10.2. The maximum Gasteiger partial charge on any atom is 0.128 e. The lowest BCUT2D eigenvalue weighted by atomic mass is 10.3. The molecule has 1 rings (SSSR count). The van der Waals surface area contributed by atoms with Gasteiger partial charge in [-0.1, -0.05) is 0 Å². The molecule has 0 saturated heterocycles. The molecule has 1 aromatic heterocycles. The monoisotopic (exact) mass is 274 g/mol. The van der Waals surface area contributed by atoms with E-state index in [1.165, 1.54) is 0 Å². The standard InChI is InChI=1S/C10H15BrN2O2/c1-8-6-10(12-7-9(8)11)13(2-4-14)3-5-15/h6-7,14-15H,2-5H2,1H3. The van der Waals surface area contributed by atoms with Crippen LogP contribution in [0.15, 0.2) is 16.7 Å². The quantitative estimate of drug-likeness (QED) is 0.840. The van der Waals surface area contributed by atoms with E-state index in [0.29, 0.717) is 13.1 Å². The molecule has 0 amide bonds. The van der Waals surface area contributed by atoms with Crippen molar-refractivity contribution in [3.63, 3.8) is 0 Å². The van der Waals surface area contributed by atoms with Gasteiger partial charge in [0.25, 0.3) is 0 Å². The fourth-order valence-corrected chi connectivity index (χ4v) is 1.50. The molecule has 1 heterocycles. The summed E-state index contributed by atoms with van der Waals surface area (Å²) in [4.78, 5) is 6.08. The Morgan fingerprint density at radius 2 is 1.93 bits per heavy atom. The maximum absolute atomic E-state index is 8.89. The van der Waals surface area contributed by atoms with Gasteiger partial charge in [-0.15, -0.1) is 0 Å². The Morgan fingerprint density at radius 1 is 1.33 bits per heavy atom. The minimum absolute atomic E-state index is 0.0524. The first-order chi connectivity index (χ1) is 7.19. The van der Waals surface area contributed by atoms with E-state index in [9.17, 15) is 0 Å². The second-order valence-corrected chi connectivity index (χ2v) is 4.08. The molecule has 0 aliphatic carbocycles. The van der Waals surface area contributed by atoms with Gasteiger partial charge in [0.15, 0.2) is 0 Å². The Labute approximate surface area is 97.7 Å². The Kier molecular flexibility index (Phi) is 5.01. The van der Waals surface area contributed by atoms with Crippen LogP contribution in [-0.2, 0) is 0 Å². The number of aliphatic hydroxyl groups is 2. The Balaban J connectivity index is 2.85. The van der Waals surface area contributed by atoms with Gasteiger partial charge in [0.1, 0.15) is 5.82 Å². The van der Waals surface area contributed by atoms with E-state index >= 15 is 0 Å². The summed E-state index contributed by atoms with van der Waals surface area (Å²) in [6.45, 7) is 3.04. The third kappa shape index (κ3) is 3.44. The van der Waals surface area contributed by atoms with E-state index in [1.807, 2.05) is 17.9 Å². The van der Waals surface area contributed by atoms with Crippen molar-refractivity contribution in [2.24, 2.45) is 0 Å². The summed E-state index contributed by atoms with van der Waals surface area (Å²) in [6, 6.07) is 1.93. The first-order valence-corrected chi connectivity index (χ1v) is 5.57. The fourth-order valence-electron chi connectivity index (χ4n) is 1.28. The first-order valence-electron chi connectivity index (χ1n) is 4.78. The largest absolute Gasteiger partial charge is 0.395 e. The molecule has 15 heavy (non-hydrogen) atoms. The highest BCUT2D eigenvalue weighted by atomic mass is 79.9. The third-order valence-corrected chi connectivity index (χ3v) is 2.93. The van der Waals surface area contributed by atoms with E-state index in [4.69, 9.17) is 10.2 Å². The number of halogens is 1. The molecular weight excluding hydrogens is 260 g/mol. The second kappa shape index (κ2) is 6.05. The van der Waals surface area contributed by atoms with Crippen LogP contribution < -0.4 is 4.90 Å². The van der Waals surface area contributed by atoms with Crippen molar-refractivity contribution in [2.75, 3.05) is 31.2 Å². The highest BCUT2D eigenvalue weighted by Gasteiger charge is 2.07. The van der Waals surface area contributed by atoms with E-state index in [-0.39, 0.29) is 13.2 Å². The number of hydrogen-bond donors (Lipinski definition) is 2. The lowest BCUT2D eigenvalue weighted by Crippen LogP contribution is -2.30. The van der Waals surface area contributed by atoms with Crippen molar-refractivity contribution in [2.45, 2.75) is 6.92 Å². The van der Waals surface area contributed by atoms with Gasteiger partial charge in [0.05, 0.1) is 13.2 Å². The molecule has 0 aromatic carbocycles. The highest BCUT2D eigenvalue weighted by Crippen LogP contribution is 2.19. The van der Waals surface area contributed by atoms with E-state index in [0.717, 1.165) is 15.9 Å². The van der Waals surface area contributed by atoms with Crippen LogP contribution in [0.1, 0.15) is 5.56 Å². The lowest BCUT2D eigenvalue weighted by Gasteiger charge is -2.22. The van der Waals surface area contributed by atoms with Gasteiger partial charge in [0, 0.05) is 23.8 Å². The lowest BCUT2D eigenvalue weighted by molar-refractivity contribution is 0.280. The number of hydrogen-bond acceptors (Lipinski definition) is 4. The Bertz CT molecular complexity index is 314. The van der Waals surface area contributed by atoms with Crippen LogP contribution in [-0.4, -0.2) is 41.5 Å². The molecule has 1 aromatic rings. The van der Waals surface area contributed by atoms with Crippen molar-refractivity contribution in [1.29, 1.82) is 0 Å². The molecule has 0 fully saturated rings. The van der Waals surface area contributed by atoms with E-state index in [1.54, 1.807) is 6.20 Å². The van der Waals surface area contributed by atoms with E-state index in [2.05, 4.69) is 20.9 Å². The molecule has 4 nitrogen and oxygen atoms in total. The minimum atomic E-state index is 0.0524. The second-order valence-electron chi connectivity index (χ2n) is 3.23. The highest BCUT2D eigenvalue weighted by molar-refractivity contribution is 9.10. The number of aromatic nitrogens is 1. The number of anilines is 1. The third-order valence-electron chi connectivity index (χ3n) is 2.10. The van der Waals surface area contributed by atoms with Crippen molar-refractivity contribution in [3.05, 3.63) is 22.3 Å². The van der Waals surface area contributed by atoms with Crippen LogP contribution in [0.25, 0.3) is 0 Å². The van der Waals surface area contributed by atoms with Crippen LogP contribution in [0.4, 0.5) is 5.82 Å². The van der Waals surface area contributed by atoms with Gasteiger partial charge in [-0.05, 0) is 34.5 Å². The summed E-state index contributed by atoms with van der Waals surface area (Å²) in [6.07, 6.45) is 1.73. The van der Waals surface area contributed by atoms with Gasteiger partial charge >= 0.3 is 0 Å².